The number of nitrogens with one attached hydrogen (secondary N) is 1. The lowest BCUT2D eigenvalue weighted by Crippen LogP contribution is -2.77. The van der Waals surface area contributed by atoms with Crippen LogP contribution in [0.4, 0.5) is 0 Å². The number of carbonyl (C=O) groups excluding carboxylic acids is 1. The zero-order valence-electron chi connectivity index (χ0n) is 17.5. The maximum absolute atomic E-state index is 12.2. The van der Waals surface area contributed by atoms with Gasteiger partial charge in [0.25, 0.3) is 0 Å². The van der Waals surface area contributed by atoms with Crippen LogP contribution in [0, 0.1) is 13.8 Å². The van der Waals surface area contributed by atoms with Gasteiger partial charge in [-0.1, -0.05) is 28.0 Å². The fraction of sp³-hybridized carbons (Fsp3) is 0.455. The second kappa shape index (κ2) is 7.49. The number of ether oxygens (including phenoxy) is 2. The van der Waals surface area contributed by atoms with Gasteiger partial charge in [-0.15, -0.1) is 0 Å². The molecule has 6 rings (SSSR count). The summed E-state index contributed by atoms with van der Waals surface area (Å²) in [5, 5.41) is 11.0. The fourth-order valence-electron chi connectivity index (χ4n) is 4.52. The Morgan fingerprint density at radius 2 is 1.87 bits per heavy atom. The molecule has 2 bridgehead atoms. The summed E-state index contributed by atoms with van der Waals surface area (Å²) in [5.74, 6) is 2.50. The zero-order valence-corrected chi connectivity index (χ0v) is 17.5. The summed E-state index contributed by atoms with van der Waals surface area (Å²) in [4.78, 5) is 16.7. The van der Waals surface area contributed by atoms with Crippen LogP contribution >= 0.6 is 0 Å². The second-order valence-electron chi connectivity index (χ2n) is 8.68. The van der Waals surface area contributed by atoms with Gasteiger partial charge in [0, 0.05) is 11.6 Å². The standard InChI is InChI=1S/C22H24N4O5/c1-14-3-5-17(6-4-14)29-9-18-23-20(31-26-18)21-11-22(12-21,13-21)24-19(27)10-28-8-16-7-15(2)30-25-16/h3-7H,8-13H2,1-2H3,(H,24,27). The molecule has 9 nitrogen and oxygen atoms in total. The monoisotopic (exact) mass is 424 g/mol. The van der Waals surface area contributed by atoms with Crippen molar-refractivity contribution in [2.24, 2.45) is 0 Å². The van der Waals surface area contributed by atoms with Gasteiger partial charge in [0.1, 0.15) is 23.8 Å². The number of aryl methyl sites for hydroxylation is 2. The Morgan fingerprint density at radius 1 is 1.10 bits per heavy atom. The fourth-order valence-corrected chi connectivity index (χ4v) is 4.52. The quantitative estimate of drug-likeness (QED) is 0.558. The van der Waals surface area contributed by atoms with Crippen LogP contribution in [0.15, 0.2) is 39.4 Å². The Bertz CT molecular complexity index is 1070. The Hall–Kier alpha value is -3.20. The molecule has 0 radical (unpaired) electrons. The molecule has 3 aliphatic rings. The average molecular weight is 424 g/mol. The number of aromatic nitrogens is 3. The summed E-state index contributed by atoms with van der Waals surface area (Å²) in [7, 11) is 0. The van der Waals surface area contributed by atoms with Crippen LogP contribution in [-0.2, 0) is 28.2 Å². The molecular formula is C22H24N4O5. The maximum Gasteiger partial charge on any atom is 0.246 e. The summed E-state index contributed by atoms with van der Waals surface area (Å²) < 4.78 is 21.6. The van der Waals surface area contributed by atoms with Crippen molar-refractivity contribution in [2.75, 3.05) is 6.61 Å². The van der Waals surface area contributed by atoms with Crippen molar-refractivity contribution in [3.63, 3.8) is 0 Å². The highest BCUT2D eigenvalue weighted by Gasteiger charge is 2.71. The van der Waals surface area contributed by atoms with Gasteiger partial charge >= 0.3 is 0 Å². The third-order valence-electron chi connectivity index (χ3n) is 5.91. The highest BCUT2D eigenvalue weighted by Crippen LogP contribution is 2.67. The SMILES string of the molecule is Cc1ccc(OCc2noc(C34CC(NC(=O)COCc5cc(C)on5)(C3)C4)n2)cc1. The van der Waals surface area contributed by atoms with E-state index in [1.165, 1.54) is 5.56 Å². The number of amides is 1. The maximum atomic E-state index is 12.2. The van der Waals surface area contributed by atoms with E-state index in [2.05, 4.69) is 20.6 Å². The number of hydrogen-bond donors (Lipinski definition) is 1. The smallest absolute Gasteiger partial charge is 0.246 e. The predicted octanol–water partition coefficient (Wildman–Crippen LogP) is 2.76. The van der Waals surface area contributed by atoms with E-state index in [4.69, 9.17) is 18.5 Å². The molecule has 162 valence electrons. The third kappa shape index (κ3) is 3.93. The van der Waals surface area contributed by atoms with E-state index in [0.717, 1.165) is 25.0 Å². The molecule has 9 heteroatoms. The molecule has 1 aromatic carbocycles. The van der Waals surface area contributed by atoms with Gasteiger partial charge in [-0.2, -0.15) is 4.98 Å². The largest absolute Gasteiger partial charge is 0.485 e. The van der Waals surface area contributed by atoms with Crippen LogP contribution in [0.3, 0.4) is 0 Å². The molecule has 0 atom stereocenters. The number of nitrogens with zero attached hydrogens (tertiary/aromatic N) is 3. The summed E-state index contributed by atoms with van der Waals surface area (Å²) in [6.45, 7) is 4.33. The summed E-state index contributed by atoms with van der Waals surface area (Å²) in [6, 6.07) is 9.60. The summed E-state index contributed by atoms with van der Waals surface area (Å²) in [5.41, 5.74) is 1.54. The first-order chi connectivity index (χ1) is 14.9. The topological polar surface area (TPSA) is 113 Å². The van der Waals surface area contributed by atoms with Crippen LogP contribution < -0.4 is 10.1 Å². The van der Waals surface area contributed by atoms with Crippen molar-refractivity contribution in [3.8, 4) is 5.75 Å². The molecule has 2 heterocycles. The number of rotatable bonds is 9. The van der Waals surface area contributed by atoms with Gasteiger partial charge in [0.15, 0.2) is 6.61 Å². The van der Waals surface area contributed by atoms with Crippen LogP contribution in [-0.4, -0.2) is 33.4 Å². The minimum Gasteiger partial charge on any atom is -0.485 e. The van der Waals surface area contributed by atoms with Gasteiger partial charge in [-0.3, -0.25) is 4.79 Å². The van der Waals surface area contributed by atoms with Gasteiger partial charge in [-0.25, -0.2) is 0 Å². The normalized spacial score (nSPS) is 23.7. The molecule has 0 aliphatic heterocycles. The van der Waals surface area contributed by atoms with Crippen molar-refractivity contribution in [3.05, 3.63) is 59.1 Å². The molecule has 0 spiro atoms. The molecule has 3 saturated carbocycles. The van der Waals surface area contributed by atoms with Gasteiger partial charge < -0.3 is 23.8 Å². The summed E-state index contributed by atoms with van der Waals surface area (Å²) in [6.07, 6.45) is 2.40. The zero-order chi connectivity index (χ0) is 21.5. The number of benzene rings is 1. The average Bonchev–Trinajstić information content (AvgIpc) is 3.32. The van der Waals surface area contributed by atoms with E-state index in [1.54, 1.807) is 6.07 Å². The van der Waals surface area contributed by atoms with Crippen molar-refractivity contribution >= 4 is 5.91 Å². The van der Waals surface area contributed by atoms with E-state index in [0.29, 0.717) is 23.2 Å². The van der Waals surface area contributed by atoms with Crippen LogP contribution in [0.2, 0.25) is 0 Å². The van der Waals surface area contributed by atoms with Gasteiger partial charge in [-0.05, 0) is 45.2 Å². The van der Waals surface area contributed by atoms with Crippen molar-refractivity contribution in [2.45, 2.75) is 57.3 Å². The molecule has 0 saturated heterocycles. The molecule has 1 amide bonds. The summed E-state index contributed by atoms with van der Waals surface area (Å²) >= 11 is 0. The Balaban J connectivity index is 1.07. The molecule has 0 unspecified atom stereocenters. The molecular weight excluding hydrogens is 400 g/mol. The molecule has 3 aliphatic carbocycles. The number of carbonyl (C=O) groups is 1. The minimum absolute atomic E-state index is 0.0122. The Kier molecular flexibility index (Phi) is 4.77. The van der Waals surface area contributed by atoms with Crippen LogP contribution in [0.1, 0.15) is 48.0 Å². The molecule has 3 aromatic rings. The van der Waals surface area contributed by atoms with Gasteiger partial charge in [0.05, 0.1) is 12.0 Å². The van der Waals surface area contributed by atoms with Crippen LogP contribution in [0.25, 0.3) is 0 Å². The molecule has 1 N–H and O–H groups in total. The first-order valence-corrected chi connectivity index (χ1v) is 10.3. The third-order valence-corrected chi connectivity index (χ3v) is 5.91. The second-order valence-corrected chi connectivity index (χ2v) is 8.68. The lowest BCUT2D eigenvalue weighted by molar-refractivity contribution is -0.146. The van der Waals surface area contributed by atoms with E-state index in [9.17, 15) is 4.79 Å². The van der Waals surface area contributed by atoms with Crippen molar-refractivity contribution in [1.82, 2.24) is 20.6 Å². The number of hydrogen-bond acceptors (Lipinski definition) is 8. The van der Waals surface area contributed by atoms with Gasteiger partial charge in [0.2, 0.25) is 17.6 Å². The Labute approximate surface area is 179 Å². The van der Waals surface area contributed by atoms with E-state index >= 15 is 0 Å². The minimum atomic E-state index is -0.183. The molecule has 31 heavy (non-hydrogen) atoms. The molecule has 3 fully saturated rings. The first kappa shape index (κ1) is 19.7. The highest BCUT2D eigenvalue weighted by molar-refractivity contribution is 5.79. The van der Waals surface area contributed by atoms with E-state index < -0.39 is 0 Å². The predicted molar refractivity (Wildman–Crippen MR) is 107 cm³/mol. The van der Waals surface area contributed by atoms with Crippen molar-refractivity contribution < 1.29 is 23.3 Å². The lowest BCUT2D eigenvalue weighted by atomic mass is 9.39. The lowest BCUT2D eigenvalue weighted by Gasteiger charge is -2.68. The first-order valence-electron chi connectivity index (χ1n) is 10.3. The van der Waals surface area contributed by atoms with E-state index in [-0.39, 0.29) is 36.7 Å². The van der Waals surface area contributed by atoms with Crippen molar-refractivity contribution in [1.29, 1.82) is 0 Å². The highest BCUT2D eigenvalue weighted by atomic mass is 16.5. The van der Waals surface area contributed by atoms with E-state index in [1.807, 2.05) is 38.1 Å². The molecule has 2 aromatic heterocycles. The Morgan fingerprint density at radius 3 is 2.58 bits per heavy atom. The van der Waals surface area contributed by atoms with Crippen LogP contribution in [0.5, 0.6) is 5.75 Å².